The molecule has 0 saturated carbocycles. The minimum atomic E-state index is -3.86. The first kappa shape index (κ1) is 21.2. The molecule has 1 fully saturated rings. The van der Waals surface area contributed by atoms with E-state index in [9.17, 15) is 13.2 Å². The smallest absolute Gasteiger partial charge is 0.322 e. The van der Waals surface area contributed by atoms with Gasteiger partial charge in [-0.05, 0) is 43.2 Å². The SMILES string of the molecule is O=C(Nc1nnc(-c2ccc3c(c2)OCO3)o1)C1CCCCN1S(=O)(=O)c1ccc(Cl)s1. The molecule has 3 aromatic rings. The molecule has 1 aromatic carbocycles. The predicted octanol–water partition coefficient (Wildman–Crippen LogP) is 3.36. The second kappa shape index (κ2) is 8.35. The molecule has 1 unspecified atom stereocenters. The summed E-state index contributed by atoms with van der Waals surface area (Å²) in [7, 11) is -3.86. The Labute approximate surface area is 192 Å². The molecule has 2 aliphatic heterocycles. The van der Waals surface area contributed by atoms with E-state index in [0.717, 1.165) is 17.8 Å². The van der Waals surface area contributed by atoms with Gasteiger partial charge in [0, 0.05) is 12.1 Å². The molecule has 0 spiro atoms. The first-order valence-corrected chi connectivity index (χ1v) is 12.4. The molecule has 168 valence electrons. The van der Waals surface area contributed by atoms with Crippen molar-refractivity contribution in [2.24, 2.45) is 0 Å². The second-order valence-electron chi connectivity index (χ2n) is 7.16. The minimum absolute atomic E-state index is 0.102. The molecule has 13 heteroatoms. The Morgan fingerprint density at radius 3 is 2.81 bits per heavy atom. The lowest BCUT2D eigenvalue weighted by Crippen LogP contribution is -2.49. The molecule has 0 bridgehead atoms. The highest BCUT2D eigenvalue weighted by Gasteiger charge is 2.38. The molecule has 0 aliphatic carbocycles. The number of halogens is 1. The summed E-state index contributed by atoms with van der Waals surface area (Å²) in [5, 5.41) is 10.4. The molecule has 1 N–H and O–H groups in total. The molecule has 1 atom stereocenters. The van der Waals surface area contributed by atoms with Gasteiger partial charge in [-0.15, -0.1) is 16.4 Å². The molecule has 2 aliphatic rings. The summed E-state index contributed by atoms with van der Waals surface area (Å²) < 4.78 is 44.0. The number of anilines is 1. The van der Waals surface area contributed by atoms with Crippen molar-refractivity contribution < 1.29 is 27.1 Å². The van der Waals surface area contributed by atoms with Crippen molar-refractivity contribution >= 4 is 44.9 Å². The van der Waals surface area contributed by atoms with E-state index < -0.39 is 22.0 Å². The normalized spacial score (nSPS) is 18.6. The number of carbonyl (C=O) groups excluding carboxylic acids is 1. The third-order valence-electron chi connectivity index (χ3n) is 5.14. The number of piperidine rings is 1. The van der Waals surface area contributed by atoms with Gasteiger partial charge in [-0.1, -0.05) is 23.1 Å². The van der Waals surface area contributed by atoms with E-state index >= 15 is 0 Å². The lowest BCUT2D eigenvalue weighted by atomic mass is 10.0. The molecule has 2 aromatic heterocycles. The Hall–Kier alpha value is -2.67. The third-order valence-corrected chi connectivity index (χ3v) is 8.75. The summed E-state index contributed by atoms with van der Waals surface area (Å²) in [4.78, 5) is 13.0. The van der Waals surface area contributed by atoms with Crippen molar-refractivity contribution in [1.82, 2.24) is 14.5 Å². The highest BCUT2D eigenvalue weighted by atomic mass is 35.5. The number of amides is 1. The van der Waals surface area contributed by atoms with Gasteiger partial charge in [-0.2, -0.15) is 4.31 Å². The predicted molar refractivity (Wildman–Crippen MR) is 115 cm³/mol. The Morgan fingerprint density at radius 1 is 1.16 bits per heavy atom. The minimum Gasteiger partial charge on any atom is -0.454 e. The number of sulfonamides is 1. The van der Waals surface area contributed by atoms with Gasteiger partial charge in [0.05, 0.1) is 4.34 Å². The molecule has 4 heterocycles. The molecular formula is C19H17ClN4O6S2. The first-order chi connectivity index (χ1) is 15.4. The second-order valence-corrected chi connectivity index (χ2v) is 11.0. The highest BCUT2D eigenvalue weighted by Crippen LogP contribution is 2.36. The Bertz CT molecular complexity index is 1270. The van der Waals surface area contributed by atoms with Gasteiger partial charge in [0.2, 0.25) is 18.6 Å². The summed E-state index contributed by atoms with van der Waals surface area (Å²) in [6.07, 6.45) is 1.77. The van der Waals surface area contributed by atoms with Crippen LogP contribution in [0.4, 0.5) is 6.01 Å². The number of aromatic nitrogens is 2. The van der Waals surface area contributed by atoms with Crippen LogP contribution >= 0.6 is 22.9 Å². The molecule has 32 heavy (non-hydrogen) atoms. The van der Waals surface area contributed by atoms with Crippen LogP contribution in [0.3, 0.4) is 0 Å². The largest absolute Gasteiger partial charge is 0.454 e. The molecule has 1 saturated heterocycles. The zero-order chi connectivity index (χ0) is 22.3. The monoisotopic (exact) mass is 496 g/mol. The van der Waals surface area contributed by atoms with Gasteiger partial charge in [0.1, 0.15) is 10.3 Å². The van der Waals surface area contributed by atoms with Gasteiger partial charge in [0.25, 0.3) is 10.0 Å². The maximum atomic E-state index is 13.1. The van der Waals surface area contributed by atoms with E-state index in [1.165, 1.54) is 16.4 Å². The number of fused-ring (bicyclic) bond motifs is 1. The van der Waals surface area contributed by atoms with Gasteiger partial charge in [-0.3, -0.25) is 10.1 Å². The van der Waals surface area contributed by atoms with Gasteiger partial charge >= 0.3 is 6.01 Å². The van der Waals surface area contributed by atoms with Crippen LogP contribution in [0.5, 0.6) is 11.5 Å². The van der Waals surface area contributed by atoms with Gasteiger partial charge in [0.15, 0.2) is 11.5 Å². The average Bonchev–Trinajstić information content (AvgIpc) is 3.54. The average molecular weight is 497 g/mol. The summed E-state index contributed by atoms with van der Waals surface area (Å²) in [6.45, 7) is 0.380. The number of nitrogens with one attached hydrogen (secondary N) is 1. The third kappa shape index (κ3) is 3.94. The summed E-state index contributed by atoms with van der Waals surface area (Å²) in [5.41, 5.74) is 0.596. The number of thiophene rings is 1. The first-order valence-electron chi connectivity index (χ1n) is 9.73. The molecule has 10 nitrogen and oxygen atoms in total. The van der Waals surface area contributed by atoms with E-state index in [0.29, 0.717) is 34.2 Å². The van der Waals surface area contributed by atoms with E-state index in [4.69, 9.17) is 25.5 Å². The highest BCUT2D eigenvalue weighted by molar-refractivity contribution is 7.91. The number of carbonyl (C=O) groups is 1. The van der Waals surface area contributed by atoms with Crippen LogP contribution in [0, 0.1) is 0 Å². The van der Waals surface area contributed by atoms with Crippen LogP contribution in [0.15, 0.2) is 39.0 Å². The van der Waals surface area contributed by atoms with Gasteiger partial charge in [-0.25, -0.2) is 8.42 Å². The zero-order valence-corrected chi connectivity index (χ0v) is 18.9. The number of hydrogen-bond acceptors (Lipinski definition) is 9. The van der Waals surface area contributed by atoms with Crippen molar-refractivity contribution in [2.45, 2.75) is 29.5 Å². The van der Waals surface area contributed by atoms with Crippen molar-refractivity contribution in [3.8, 4) is 23.0 Å². The van der Waals surface area contributed by atoms with Crippen molar-refractivity contribution in [3.05, 3.63) is 34.7 Å². The van der Waals surface area contributed by atoms with E-state index in [1.54, 1.807) is 18.2 Å². The fourth-order valence-electron chi connectivity index (χ4n) is 3.62. The fourth-order valence-corrected chi connectivity index (χ4v) is 6.88. The topological polar surface area (TPSA) is 124 Å². The van der Waals surface area contributed by atoms with Crippen LogP contribution in [0.1, 0.15) is 19.3 Å². The summed E-state index contributed by atoms with van der Waals surface area (Å²) >= 11 is 6.87. The van der Waals surface area contributed by atoms with Crippen LogP contribution in [-0.2, 0) is 14.8 Å². The Kier molecular flexibility index (Phi) is 5.53. The van der Waals surface area contributed by atoms with Crippen LogP contribution in [0.25, 0.3) is 11.5 Å². The molecule has 0 radical (unpaired) electrons. The standard InChI is InChI=1S/C19H17ClN4O6S2/c20-15-6-7-16(31-15)32(26,27)24-8-2-1-3-12(24)17(25)21-19-23-22-18(30-19)11-4-5-13-14(9-11)29-10-28-13/h4-7,9,12H,1-3,8,10H2,(H,21,23,25). The van der Waals surface area contributed by atoms with Crippen molar-refractivity contribution in [3.63, 3.8) is 0 Å². The Morgan fingerprint density at radius 2 is 2.00 bits per heavy atom. The number of benzene rings is 1. The number of nitrogens with zero attached hydrogens (tertiary/aromatic N) is 3. The quantitative estimate of drug-likeness (QED) is 0.570. The molecule has 5 rings (SSSR count). The number of hydrogen-bond donors (Lipinski definition) is 1. The van der Waals surface area contributed by atoms with Crippen molar-refractivity contribution in [1.29, 1.82) is 0 Å². The van der Waals surface area contributed by atoms with E-state index in [1.807, 2.05) is 0 Å². The maximum absolute atomic E-state index is 13.1. The number of rotatable bonds is 5. The maximum Gasteiger partial charge on any atom is 0.322 e. The zero-order valence-electron chi connectivity index (χ0n) is 16.5. The lowest BCUT2D eigenvalue weighted by molar-refractivity contribution is -0.120. The van der Waals surface area contributed by atoms with E-state index in [-0.39, 0.29) is 29.5 Å². The molecular weight excluding hydrogens is 480 g/mol. The number of ether oxygens (including phenoxy) is 2. The Balaban J connectivity index is 1.34. The molecule has 1 amide bonds. The van der Waals surface area contributed by atoms with Gasteiger partial charge < -0.3 is 13.9 Å². The fraction of sp³-hybridized carbons (Fsp3) is 0.316. The van der Waals surface area contributed by atoms with Crippen LogP contribution in [-0.4, -0.2) is 48.2 Å². The lowest BCUT2D eigenvalue weighted by Gasteiger charge is -2.32. The van der Waals surface area contributed by atoms with Crippen molar-refractivity contribution in [2.75, 3.05) is 18.7 Å². The summed E-state index contributed by atoms with van der Waals surface area (Å²) in [6, 6.07) is 7.11. The van der Waals surface area contributed by atoms with Crippen LogP contribution in [0.2, 0.25) is 4.34 Å². The van der Waals surface area contributed by atoms with E-state index in [2.05, 4.69) is 15.5 Å². The van der Waals surface area contributed by atoms with Crippen LogP contribution < -0.4 is 14.8 Å². The summed E-state index contributed by atoms with van der Waals surface area (Å²) in [5.74, 6) is 0.826.